The van der Waals surface area contributed by atoms with Crippen molar-refractivity contribution < 1.29 is 19.2 Å². The molecule has 1 N–H and O–H groups in total. The van der Waals surface area contributed by atoms with Crippen molar-refractivity contribution in [3.8, 4) is 11.5 Å². The number of amides is 1. The highest BCUT2D eigenvalue weighted by Gasteiger charge is 2.20. The van der Waals surface area contributed by atoms with Crippen LogP contribution < -0.4 is 14.8 Å². The third kappa shape index (κ3) is 4.95. The van der Waals surface area contributed by atoms with Crippen LogP contribution in [-0.4, -0.2) is 24.5 Å². The molecule has 7 nitrogen and oxygen atoms in total. The molecule has 2 aromatic rings. The Hall–Kier alpha value is -3.09. The zero-order chi connectivity index (χ0) is 19.1. The molecule has 1 atom stereocenters. The number of nitro groups is 1. The summed E-state index contributed by atoms with van der Waals surface area (Å²) in [6, 6.07) is 13.2. The van der Waals surface area contributed by atoms with Crippen molar-refractivity contribution in [3.05, 3.63) is 64.2 Å². The van der Waals surface area contributed by atoms with E-state index in [2.05, 4.69) is 5.32 Å². The van der Waals surface area contributed by atoms with Crippen molar-refractivity contribution in [2.75, 3.05) is 13.7 Å². The SMILES string of the molecule is COc1ccc(C(NC(=O)COc2ccccc2[N+](=O)[O-])C(C)C)cc1. The summed E-state index contributed by atoms with van der Waals surface area (Å²) in [4.78, 5) is 22.7. The molecule has 0 aliphatic carbocycles. The lowest BCUT2D eigenvalue weighted by Gasteiger charge is -2.23. The van der Waals surface area contributed by atoms with Gasteiger partial charge in [-0.1, -0.05) is 38.1 Å². The summed E-state index contributed by atoms with van der Waals surface area (Å²) in [6.45, 7) is 3.69. The van der Waals surface area contributed by atoms with Crippen molar-refractivity contribution >= 4 is 11.6 Å². The molecule has 0 radical (unpaired) electrons. The summed E-state index contributed by atoms with van der Waals surface area (Å²) in [6.07, 6.45) is 0. The maximum atomic E-state index is 12.3. The number of nitro benzene ring substituents is 1. The number of benzene rings is 2. The van der Waals surface area contributed by atoms with Crippen LogP contribution in [0.25, 0.3) is 0 Å². The van der Waals surface area contributed by atoms with Crippen LogP contribution in [-0.2, 0) is 4.79 Å². The highest BCUT2D eigenvalue weighted by molar-refractivity contribution is 5.78. The van der Waals surface area contributed by atoms with Gasteiger partial charge in [0, 0.05) is 6.07 Å². The number of carbonyl (C=O) groups excluding carboxylic acids is 1. The quantitative estimate of drug-likeness (QED) is 0.576. The molecule has 0 fully saturated rings. The maximum Gasteiger partial charge on any atom is 0.310 e. The van der Waals surface area contributed by atoms with Gasteiger partial charge in [0.05, 0.1) is 18.1 Å². The first kappa shape index (κ1) is 19.2. The van der Waals surface area contributed by atoms with Gasteiger partial charge in [0.1, 0.15) is 5.75 Å². The van der Waals surface area contributed by atoms with E-state index in [1.165, 1.54) is 12.1 Å². The molecule has 0 spiro atoms. The third-order valence-electron chi connectivity index (χ3n) is 3.88. The Kier molecular flexibility index (Phi) is 6.54. The molecule has 26 heavy (non-hydrogen) atoms. The summed E-state index contributed by atoms with van der Waals surface area (Å²) in [7, 11) is 1.59. The standard InChI is InChI=1S/C19H22N2O5/c1-13(2)19(14-8-10-15(25-3)11-9-14)20-18(22)12-26-17-7-5-4-6-16(17)21(23)24/h4-11,13,19H,12H2,1-3H3,(H,20,22). The fourth-order valence-corrected chi connectivity index (χ4v) is 2.53. The number of methoxy groups -OCH3 is 1. The number of rotatable bonds is 8. The summed E-state index contributed by atoms with van der Waals surface area (Å²) in [5.41, 5.74) is 0.774. The molecule has 1 amide bonds. The summed E-state index contributed by atoms with van der Waals surface area (Å²) in [5, 5.41) is 13.9. The largest absolute Gasteiger partial charge is 0.497 e. The normalized spacial score (nSPS) is 11.7. The molecule has 0 aromatic heterocycles. The van der Waals surface area contributed by atoms with Gasteiger partial charge in [-0.15, -0.1) is 0 Å². The van der Waals surface area contributed by atoms with Crippen LogP contribution in [0.3, 0.4) is 0 Å². The molecular formula is C19H22N2O5. The minimum atomic E-state index is -0.540. The fourth-order valence-electron chi connectivity index (χ4n) is 2.53. The van der Waals surface area contributed by atoms with Gasteiger partial charge in [-0.3, -0.25) is 14.9 Å². The predicted molar refractivity (Wildman–Crippen MR) is 97.3 cm³/mol. The molecule has 138 valence electrons. The molecule has 0 heterocycles. The monoisotopic (exact) mass is 358 g/mol. The first-order valence-corrected chi connectivity index (χ1v) is 8.22. The van der Waals surface area contributed by atoms with Gasteiger partial charge in [-0.25, -0.2) is 0 Å². The zero-order valence-corrected chi connectivity index (χ0v) is 15.0. The van der Waals surface area contributed by atoms with E-state index in [1.54, 1.807) is 19.2 Å². The summed E-state index contributed by atoms with van der Waals surface area (Å²) < 4.78 is 10.5. The predicted octanol–water partition coefficient (Wildman–Crippen LogP) is 3.50. The van der Waals surface area contributed by atoms with Crippen LogP contribution in [0.4, 0.5) is 5.69 Å². The van der Waals surface area contributed by atoms with E-state index < -0.39 is 4.92 Å². The number of nitrogens with one attached hydrogen (secondary N) is 1. The van der Waals surface area contributed by atoms with Gasteiger partial charge in [0.2, 0.25) is 0 Å². The molecule has 1 unspecified atom stereocenters. The Morgan fingerprint density at radius 2 is 1.81 bits per heavy atom. The number of hydrogen-bond acceptors (Lipinski definition) is 5. The highest BCUT2D eigenvalue weighted by Crippen LogP contribution is 2.26. The summed E-state index contributed by atoms with van der Waals surface area (Å²) >= 11 is 0. The number of carbonyl (C=O) groups is 1. The maximum absolute atomic E-state index is 12.3. The average Bonchev–Trinajstić information content (AvgIpc) is 2.64. The van der Waals surface area contributed by atoms with Crippen LogP contribution in [0.2, 0.25) is 0 Å². The molecule has 0 bridgehead atoms. The Labute approximate surface area is 152 Å². The van der Waals surface area contributed by atoms with Gasteiger partial charge >= 0.3 is 5.69 Å². The lowest BCUT2D eigenvalue weighted by molar-refractivity contribution is -0.385. The summed E-state index contributed by atoms with van der Waals surface area (Å²) in [5.74, 6) is 0.608. The first-order valence-electron chi connectivity index (χ1n) is 8.22. The lowest BCUT2D eigenvalue weighted by atomic mass is 9.96. The molecule has 0 aliphatic rings. The van der Waals surface area contributed by atoms with Crippen LogP contribution in [0.5, 0.6) is 11.5 Å². The van der Waals surface area contributed by atoms with E-state index in [9.17, 15) is 14.9 Å². The van der Waals surface area contributed by atoms with Crippen molar-refractivity contribution in [2.24, 2.45) is 5.92 Å². The van der Waals surface area contributed by atoms with Crippen LogP contribution >= 0.6 is 0 Å². The van der Waals surface area contributed by atoms with E-state index in [4.69, 9.17) is 9.47 Å². The second-order valence-electron chi connectivity index (χ2n) is 6.08. The smallest absolute Gasteiger partial charge is 0.310 e. The lowest BCUT2D eigenvalue weighted by Crippen LogP contribution is -2.35. The zero-order valence-electron chi connectivity index (χ0n) is 15.0. The molecule has 0 saturated heterocycles. The Morgan fingerprint density at radius 3 is 2.38 bits per heavy atom. The molecule has 0 saturated carbocycles. The Morgan fingerprint density at radius 1 is 1.15 bits per heavy atom. The van der Waals surface area contributed by atoms with E-state index in [0.29, 0.717) is 0 Å². The van der Waals surface area contributed by atoms with Gasteiger partial charge in [-0.2, -0.15) is 0 Å². The number of para-hydroxylation sites is 2. The molecule has 0 aliphatic heterocycles. The number of ether oxygens (including phenoxy) is 2. The minimum absolute atomic E-state index is 0.0678. The second kappa shape index (κ2) is 8.84. The molecular weight excluding hydrogens is 336 g/mol. The van der Waals surface area contributed by atoms with E-state index in [0.717, 1.165) is 11.3 Å². The van der Waals surface area contributed by atoms with Gasteiger partial charge in [0.25, 0.3) is 5.91 Å². The van der Waals surface area contributed by atoms with Crippen LogP contribution in [0.1, 0.15) is 25.5 Å². The third-order valence-corrected chi connectivity index (χ3v) is 3.88. The Balaban J connectivity index is 2.03. The molecule has 7 heteroatoms. The number of nitrogens with zero attached hydrogens (tertiary/aromatic N) is 1. The van der Waals surface area contributed by atoms with E-state index >= 15 is 0 Å². The highest BCUT2D eigenvalue weighted by atomic mass is 16.6. The van der Waals surface area contributed by atoms with Crippen LogP contribution in [0.15, 0.2) is 48.5 Å². The van der Waals surface area contributed by atoms with Gasteiger partial charge in [0.15, 0.2) is 12.4 Å². The van der Waals surface area contributed by atoms with Crippen molar-refractivity contribution in [3.63, 3.8) is 0 Å². The van der Waals surface area contributed by atoms with Crippen molar-refractivity contribution in [1.82, 2.24) is 5.32 Å². The van der Waals surface area contributed by atoms with Gasteiger partial charge < -0.3 is 14.8 Å². The van der Waals surface area contributed by atoms with E-state index in [-0.39, 0.29) is 35.9 Å². The fraction of sp³-hybridized carbons (Fsp3) is 0.316. The second-order valence-corrected chi connectivity index (χ2v) is 6.08. The minimum Gasteiger partial charge on any atom is -0.497 e. The van der Waals surface area contributed by atoms with Crippen molar-refractivity contribution in [1.29, 1.82) is 0 Å². The van der Waals surface area contributed by atoms with Gasteiger partial charge in [-0.05, 0) is 29.7 Å². The number of hydrogen-bond donors (Lipinski definition) is 1. The van der Waals surface area contributed by atoms with Crippen LogP contribution in [0, 0.1) is 16.0 Å². The Bertz CT molecular complexity index is 759. The molecule has 2 aromatic carbocycles. The molecule has 2 rings (SSSR count). The van der Waals surface area contributed by atoms with Crippen molar-refractivity contribution in [2.45, 2.75) is 19.9 Å². The van der Waals surface area contributed by atoms with E-state index in [1.807, 2.05) is 38.1 Å². The first-order chi connectivity index (χ1) is 12.4. The topological polar surface area (TPSA) is 90.7 Å². The average molecular weight is 358 g/mol.